The first kappa shape index (κ1) is 23.5. The SMILES string of the molecule is O=C(CN1CCN(C/C=C/c2ccccc2)CC1)N(C1CCCCC1)[C@@H]1CCS(=O)(=O)C1. The lowest BCUT2D eigenvalue weighted by Crippen LogP contribution is -2.54. The van der Waals surface area contributed by atoms with Crippen LogP contribution in [0.4, 0.5) is 0 Å². The molecule has 1 aliphatic carbocycles. The van der Waals surface area contributed by atoms with E-state index in [1.165, 1.54) is 12.0 Å². The highest BCUT2D eigenvalue weighted by Gasteiger charge is 2.38. The standard InChI is InChI=1S/C25H37N3O3S/c29-25(28(23-11-5-2-6-12-23)24-13-19-32(30,31)21-24)20-27-17-15-26(16-18-27)14-7-10-22-8-3-1-4-9-22/h1,3-4,7-10,23-24H,2,5-6,11-21H2/b10-7+/t24-/m1/s1. The monoisotopic (exact) mass is 459 g/mol. The van der Waals surface area contributed by atoms with E-state index in [4.69, 9.17) is 0 Å². The van der Waals surface area contributed by atoms with E-state index in [0.717, 1.165) is 58.4 Å². The molecule has 0 N–H and O–H groups in total. The summed E-state index contributed by atoms with van der Waals surface area (Å²) in [5.41, 5.74) is 1.22. The van der Waals surface area contributed by atoms with Gasteiger partial charge in [0.05, 0.1) is 18.1 Å². The Hall–Kier alpha value is -1.70. The van der Waals surface area contributed by atoms with Crippen LogP contribution in [0, 0.1) is 0 Å². The van der Waals surface area contributed by atoms with Crippen LogP contribution >= 0.6 is 0 Å². The summed E-state index contributed by atoms with van der Waals surface area (Å²) in [6, 6.07) is 10.4. The number of hydrogen-bond donors (Lipinski definition) is 0. The van der Waals surface area contributed by atoms with Crippen molar-refractivity contribution in [2.24, 2.45) is 0 Å². The zero-order valence-electron chi connectivity index (χ0n) is 19.1. The van der Waals surface area contributed by atoms with Gasteiger partial charge in [0, 0.05) is 44.8 Å². The minimum Gasteiger partial charge on any atom is -0.335 e. The van der Waals surface area contributed by atoms with Crippen LogP contribution in [-0.2, 0) is 14.6 Å². The van der Waals surface area contributed by atoms with Crippen LogP contribution in [0.25, 0.3) is 6.08 Å². The molecule has 3 aliphatic rings. The zero-order chi connectivity index (χ0) is 22.4. The molecule has 1 amide bonds. The van der Waals surface area contributed by atoms with E-state index in [9.17, 15) is 13.2 Å². The lowest BCUT2D eigenvalue weighted by molar-refractivity contribution is -0.138. The number of carbonyl (C=O) groups excluding carboxylic acids is 1. The van der Waals surface area contributed by atoms with E-state index in [1.54, 1.807) is 0 Å². The molecule has 0 spiro atoms. The Morgan fingerprint density at radius 1 is 0.938 bits per heavy atom. The van der Waals surface area contributed by atoms with Crippen molar-refractivity contribution in [3.8, 4) is 0 Å². The van der Waals surface area contributed by atoms with Gasteiger partial charge in [-0.25, -0.2) is 8.42 Å². The molecule has 0 radical (unpaired) electrons. The van der Waals surface area contributed by atoms with Crippen LogP contribution in [-0.4, -0.2) is 91.9 Å². The van der Waals surface area contributed by atoms with Gasteiger partial charge < -0.3 is 4.90 Å². The Balaban J connectivity index is 1.28. The number of piperazine rings is 1. The number of amides is 1. The largest absolute Gasteiger partial charge is 0.335 e. The van der Waals surface area contributed by atoms with Crippen molar-refractivity contribution in [3.05, 3.63) is 42.0 Å². The molecule has 1 aromatic rings. The van der Waals surface area contributed by atoms with Crippen LogP contribution in [0.2, 0.25) is 0 Å². The highest BCUT2D eigenvalue weighted by molar-refractivity contribution is 7.91. The average Bonchev–Trinajstić information content (AvgIpc) is 3.15. The topological polar surface area (TPSA) is 60.9 Å². The Bertz CT molecular complexity index is 873. The van der Waals surface area contributed by atoms with E-state index < -0.39 is 9.84 Å². The number of rotatable bonds is 7. The van der Waals surface area contributed by atoms with Crippen molar-refractivity contribution in [1.29, 1.82) is 0 Å². The second-order valence-electron chi connectivity index (χ2n) is 9.54. The van der Waals surface area contributed by atoms with Crippen molar-refractivity contribution >= 4 is 21.8 Å². The second-order valence-corrected chi connectivity index (χ2v) is 11.8. The van der Waals surface area contributed by atoms with E-state index in [2.05, 4.69) is 34.1 Å². The quantitative estimate of drug-likeness (QED) is 0.627. The van der Waals surface area contributed by atoms with Gasteiger partial charge in [-0.1, -0.05) is 61.7 Å². The molecule has 7 heteroatoms. The lowest BCUT2D eigenvalue weighted by atomic mass is 9.92. The van der Waals surface area contributed by atoms with Gasteiger partial charge in [0.1, 0.15) is 0 Å². The van der Waals surface area contributed by atoms with Gasteiger partial charge in [-0.05, 0) is 24.8 Å². The molecule has 0 unspecified atom stereocenters. The van der Waals surface area contributed by atoms with E-state index >= 15 is 0 Å². The Kier molecular flexibility index (Phi) is 8.02. The molecule has 1 saturated carbocycles. The zero-order valence-corrected chi connectivity index (χ0v) is 19.9. The van der Waals surface area contributed by atoms with Crippen LogP contribution < -0.4 is 0 Å². The van der Waals surface area contributed by atoms with Crippen molar-refractivity contribution in [3.63, 3.8) is 0 Å². The average molecular weight is 460 g/mol. The molecule has 176 valence electrons. The van der Waals surface area contributed by atoms with E-state index in [0.29, 0.717) is 13.0 Å². The maximum Gasteiger partial charge on any atom is 0.237 e. The van der Waals surface area contributed by atoms with Gasteiger partial charge in [0.15, 0.2) is 9.84 Å². The molecule has 2 saturated heterocycles. The number of sulfone groups is 1. The summed E-state index contributed by atoms with van der Waals surface area (Å²) in [7, 11) is -3.00. The van der Waals surface area contributed by atoms with E-state index in [-0.39, 0.29) is 29.5 Å². The molecule has 0 aromatic heterocycles. The summed E-state index contributed by atoms with van der Waals surface area (Å²) in [6.07, 6.45) is 10.5. The summed E-state index contributed by atoms with van der Waals surface area (Å²) in [6.45, 7) is 5.01. The summed E-state index contributed by atoms with van der Waals surface area (Å²) in [5, 5.41) is 0. The fraction of sp³-hybridized carbons (Fsp3) is 0.640. The molecule has 0 bridgehead atoms. The molecule has 6 nitrogen and oxygen atoms in total. The molecular formula is C25H37N3O3S. The first-order valence-corrected chi connectivity index (χ1v) is 14.0. The Morgan fingerprint density at radius 2 is 1.62 bits per heavy atom. The van der Waals surface area contributed by atoms with Gasteiger partial charge in [0.2, 0.25) is 5.91 Å². The molecule has 32 heavy (non-hydrogen) atoms. The summed E-state index contributed by atoms with van der Waals surface area (Å²) in [4.78, 5) is 20.1. The molecule has 1 aromatic carbocycles. The minimum absolute atomic E-state index is 0.125. The van der Waals surface area contributed by atoms with Crippen molar-refractivity contribution in [2.75, 3.05) is 50.8 Å². The van der Waals surface area contributed by atoms with Crippen molar-refractivity contribution in [2.45, 2.75) is 50.6 Å². The summed E-state index contributed by atoms with van der Waals surface area (Å²) < 4.78 is 24.2. The molecule has 2 heterocycles. The molecule has 4 rings (SSSR count). The third-order valence-electron chi connectivity index (χ3n) is 7.16. The minimum atomic E-state index is -3.00. The fourth-order valence-corrected chi connectivity index (χ4v) is 7.08. The predicted molar refractivity (Wildman–Crippen MR) is 129 cm³/mol. The molecule has 1 atom stereocenters. The van der Waals surface area contributed by atoms with E-state index in [1.807, 2.05) is 23.1 Å². The number of benzene rings is 1. The second kappa shape index (κ2) is 10.9. The normalized spacial score (nSPS) is 25.3. The van der Waals surface area contributed by atoms with Crippen molar-refractivity contribution in [1.82, 2.24) is 14.7 Å². The Labute approximate surface area is 193 Å². The molecular weight excluding hydrogens is 422 g/mol. The maximum absolute atomic E-state index is 13.4. The number of nitrogens with zero attached hydrogens (tertiary/aromatic N) is 3. The predicted octanol–water partition coefficient (Wildman–Crippen LogP) is 2.67. The highest BCUT2D eigenvalue weighted by Crippen LogP contribution is 2.28. The smallest absolute Gasteiger partial charge is 0.237 e. The molecule has 2 aliphatic heterocycles. The third-order valence-corrected chi connectivity index (χ3v) is 8.91. The number of hydrogen-bond acceptors (Lipinski definition) is 5. The summed E-state index contributed by atoms with van der Waals surface area (Å²) >= 11 is 0. The van der Waals surface area contributed by atoms with Crippen LogP contribution in [0.3, 0.4) is 0 Å². The number of carbonyl (C=O) groups is 1. The Morgan fingerprint density at radius 3 is 2.28 bits per heavy atom. The van der Waals surface area contributed by atoms with Crippen molar-refractivity contribution < 1.29 is 13.2 Å². The maximum atomic E-state index is 13.4. The van der Waals surface area contributed by atoms with Gasteiger partial charge in [-0.2, -0.15) is 0 Å². The first-order valence-electron chi connectivity index (χ1n) is 12.2. The first-order chi connectivity index (χ1) is 15.5. The summed E-state index contributed by atoms with van der Waals surface area (Å²) in [5.74, 6) is 0.511. The van der Waals surface area contributed by atoms with Crippen LogP contribution in [0.1, 0.15) is 44.1 Å². The van der Waals surface area contributed by atoms with Gasteiger partial charge in [0.25, 0.3) is 0 Å². The highest BCUT2D eigenvalue weighted by atomic mass is 32.2. The van der Waals surface area contributed by atoms with Gasteiger partial charge in [-0.15, -0.1) is 0 Å². The van der Waals surface area contributed by atoms with Crippen LogP contribution in [0.5, 0.6) is 0 Å². The molecule has 3 fully saturated rings. The van der Waals surface area contributed by atoms with Gasteiger partial charge in [-0.3, -0.25) is 14.6 Å². The lowest BCUT2D eigenvalue weighted by Gasteiger charge is -2.40. The third kappa shape index (κ3) is 6.42. The van der Waals surface area contributed by atoms with Gasteiger partial charge >= 0.3 is 0 Å². The fourth-order valence-electron chi connectivity index (χ4n) is 5.36. The van der Waals surface area contributed by atoms with Crippen LogP contribution in [0.15, 0.2) is 36.4 Å².